The number of fused-ring (bicyclic) bond motifs is 1. The van der Waals surface area contributed by atoms with Gasteiger partial charge >= 0.3 is 0 Å². The van der Waals surface area contributed by atoms with Crippen molar-refractivity contribution in [1.29, 1.82) is 0 Å². The van der Waals surface area contributed by atoms with Crippen molar-refractivity contribution in [2.75, 3.05) is 5.32 Å². The van der Waals surface area contributed by atoms with Crippen LogP contribution in [0, 0.1) is 0 Å². The quantitative estimate of drug-likeness (QED) is 0.700. The fourth-order valence-corrected chi connectivity index (χ4v) is 3.11. The summed E-state index contributed by atoms with van der Waals surface area (Å²) in [7, 11) is -2.25. The Morgan fingerprint density at radius 1 is 1.12 bits per heavy atom. The number of nitrogens with two attached hydrogens (primary N) is 1. The van der Waals surface area contributed by atoms with Crippen molar-refractivity contribution in [3.63, 3.8) is 0 Å². The van der Waals surface area contributed by atoms with Gasteiger partial charge in [0.1, 0.15) is 0 Å². The Bertz CT molecular complexity index is 1150. The van der Waals surface area contributed by atoms with Crippen molar-refractivity contribution < 1.29 is 13.2 Å². The average Bonchev–Trinajstić information content (AvgIpc) is 2.59. The first kappa shape index (κ1) is 17.8. The minimum atomic E-state index is -3.78. The second-order valence-corrected chi connectivity index (χ2v) is 7.28. The molecule has 0 unspecified atom stereocenters. The van der Waals surface area contributed by atoms with Gasteiger partial charge in [-0.05, 0) is 30.3 Å². The van der Waals surface area contributed by atoms with Crippen LogP contribution in [0.15, 0.2) is 58.2 Å². The molecule has 9 heteroatoms. The highest BCUT2D eigenvalue weighted by atomic mass is 32.2. The maximum atomic E-state index is 12.3. The van der Waals surface area contributed by atoms with Gasteiger partial charge in [-0.15, -0.1) is 0 Å². The highest BCUT2D eigenvalue weighted by Gasteiger charge is 2.13. The number of benzene rings is 2. The first-order valence-corrected chi connectivity index (χ1v) is 9.18. The Labute approximate surface area is 149 Å². The standard InChI is InChI=1S/C17H16N4O4S/c1-21-17(23)14-5-3-2-4-13(14)15(20-21)10-16(22)19-11-6-8-12(9-7-11)26(18,24)25/h2-9H,10H2,1H3,(H,19,22)(H2,18,24,25). The second kappa shape index (κ2) is 6.70. The number of sulfonamides is 1. The number of carbonyl (C=O) groups excluding carboxylic acids is 1. The second-order valence-electron chi connectivity index (χ2n) is 5.72. The molecule has 1 heterocycles. The minimum absolute atomic E-state index is 0.0361. The molecule has 1 aromatic heterocycles. The van der Waals surface area contributed by atoms with Crippen LogP contribution in [0.25, 0.3) is 10.8 Å². The Morgan fingerprint density at radius 3 is 2.35 bits per heavy atom. The summed E-state index contributed by atoms with van der Waals surface area (Å²) >= 11 is 0. The molecule has 0 fully saturated rings. The van der Waals surface area contributed by atoms with Crippen LogP contribution >= 0.6 is 0 Å². The molecule has 0 atom stereocenters. The monoisotopic (exact) mass is 372 g/mol. The van der Waals surface area contributed by atoms with E-state index in [2.05, 4.69) is 10.4 Å². The number of aryl methyl sites for hydroxylation is 1. The van der Waals surface area contributed by atoms with Gasteiger partial charge in [0.2, 0.25) is 15.9 Å². The van der Waals surface area contributed by atoms with Crippen molar-refractivity contribution in [1.82, 2.24) is 9.78 Å². The third-order valence-corrected chi connectivity index (χ3v) is 4.76. The number of nitrogens with one attached hydrogen (secondary N) is 1. The minimum Gasteiger partial charge on any atom is -0.326 e. The predicted molar refractivity (Wildman–Crippen MR) is 97.1 cm³/mol. The molecular weight excluding hydrogens is 356 g/mol. The van der Waals surface area contributed by atoms with Gasteiger partial charge in [0, 0.05) is 18.1 Å². The molecule has 134 valence electrons. The largest absolute Gasteiger partial charge is 0.326 e. The summed E-state index contributed by atoms with van der Waals surface area (Å²) in [5, 5.41) is 13.0. The van der Waals surface area contributed by atoms with E-state index in [9.17, 15) is 18.0 Å². The van der Waals surface area contributed by atoms with Crippen LogP contribution in [-0.4, -0.2) is 24.1 Å². The lowest BCUT2D eigenvalue weighted by molar-refractivity contribution is -0.115. The number of amides is 1. The zero-order valence-electron chi connectivity index (χ0n) is 13.8. The maximum Gasteiger partial charge on any atom is 0.274 e. The number of carbonyl (C=O) groups is 1. The number of hydrogen-bond donors (Lipinski definition) is 2. The van der Waals surface area contributed by atoms with E-state index in [1.54, 1.807) is 24.3 Å². The topological polar surface area (TPSA) is 124 Å². The summed E-state index contributed by atoms with van der Waals surface area (Å²) in [4.78, 5) is 24.4. The molecule has 0 aliphatic rings. The Morgan fingerprint density at radius 2 is 1.73 bits per heavy atom. The van der Waals surface area contributed by atoms with Gasteiger partial charge in [-0.25, -0.2) is 18.2 Å². The zero-order valence-corrected chi connectivity index (χ0v) is 14.7. The van der Waals surface area contributed by atoms with E-state index in [1.807, 2.05) is 0 Å². The normalized spacial score (nSPS) is 11.5. The van der Waals surface area contributed by atoms with E-state index in [-0.39, 0.29) is 22.8 Å². The van der Waals surface area contributed by atoms with Gasteiger partial charge in [-0.1, -0.05) is 18.2 Å². The number of rotatable bonds is 4. The van der Waals surface area contributed by atoms with Gasteiger partial charge < -0.3 is 5.32 Å². The Hall–Kier alpha value is -3.04. The van der Waals surface area contributed by atoms with Crippen molar-refractivity contribution >= 4 is 32.4 Å². The first-order chi connectivity index (χ1) is 12.3. The molecule has 0 radical (unpaired) electrons. The smallest absolute Gasteiger partial charge is 0.274 e. The summed E-state index contributed by atoms with van der Waals surface area (Å²) in [6.07, 6.45) is -0.0361. The molecule has 1 amide bonds. The van der Waals surface area contributed by atoms with E-state index < -0.39 is 10.0 Å². The van der Waals surface area contributed by atoms with E-state index in [1.165, 1.54) is 36.0 Å². The molecule has 0 saturated carbocycles. The average molecular weight is 372 g/mol. The van der Waals surface area contributed by atoms with Gasteiger partial charge in [-0.2, -0.15) is 5.10 Å². The van der Waals surface area contributed by atoms with E-state index >= 15 is 0 Å². The van der Waals surface area contributed by atoms with Crippen LogP contribution < -0.4 is 16.0 Å². The number of nitrogens with zero attached hydrogens (tertiary/aromatic N) is 2. The molecule has 2 aromatic carbocycles. The highest BCUT2D eigenvalue weighted by molar-refractivity contribution is 7.89. The molecule has 26 heavy (non-hydrogen) atoms. The van der Waals surface area contributed by atoms with Crippen LogP contribution in [0.4, 0.5) is 5.69 Å². The number of aromatic nitrogens is 2. The predicted octanol–water partition coefficient (Wildman–Crippen LogP) is 0.762. The number of hydrogen-bond acceptors (Lipinski definition) is 5. The fraction of sp³-hybridized carbons (Fsp3) is 0.118. The van der Waals surface area contributed by atoms with Crippen molar-refractivity contribution in [2.24, 2.45) is 12.2 Å². The molecule has 0 spiro atoms. The summed E-state index contributed by atoms with van der Waals surface area (Å²) in [6, 6.07) is 12.5. The molecule has 3 N–H and O–H groups in total. The van der Waals surface area contributed by atoms with Crippen molar-refractivity contribution in [3.05, 3.63) is 64.6 Å². The summed E-state index contributed by atoms with van der Waals surface area (Å²) in [6.45, 7) is 0. The van der Waals surface area contributed by atoms with Crippen LogP contribution in [0.5, 0.6) is 0 Å². The SMILES string of the molecule is Cn1nc(CC(=O)Nc2ccc(S(N)(=O)=O)cc2)c2ccccc2c1=O. The molecular formula is C17H16N4O4S. The fourth-order valence-electron chi connectivity index (χ4n) is 2.59. The first-order valence-electron chi connectivity index (χ1n) is 7.63. The van der Waals surface area contributed by atoms with Crippen molar-refractivity contribution in [2.45, 2.75) is 11.3 Å². The lowest BCUT2D eigenvalue weighted by atomic mass is 10.1. The van der Waals surface area contributed by atoms with Crippen LogP contribution in [0.2, 0.25) is 0 Å². The molecule has 3 rings (SSSR count). The van der Waals surface area contributed by atoms with Crippen LogP contribution in [0.3, 0.4) is 0 Å². The van der Waals surface area contributed by atoms with Crippen LogP contribution in [-0.2, 0) is 28.3 Å². The van der Waals surface area contributed by atoms with Gasteiger partial charge in [0.05, 0.1) is 22.4 Å². The summed E-state index contributed by atoms with van der Waals surface area (Å²) < 4.78 is 23.7. The molecule has 0 saturated heterocycles. The van der Waals surface area contributed by atoms with Gasteiger partial charge in [0.15, 0.2) is 0 Å². The molecule has 8 nitrogen and oxygen atoms in total. The summed E-state index contributed by atoms with van der Waals surface area (Å²) in [5.41, 5.74) is 0.668. The third-order valence-electron chi connectivity index (χ3n) is 3.83. The Kier molecular flexibility index (Phi) is 4.58. The zero-order chi connectivity index (χ0) is 18.9. The van der Waals surface area contributed by atoms with Crippen LogP contribution in [0.1, 0.15) is 5.69 Å². The highest BCUT2D eigenvalue weighted by Crippen LogP contribution is 2.16. The lowest BCUT2D eigenvalue weighted by Gasteiger charge is -2.09. The van der Waals surface area contributed by atoms with Gasteiger partial charge in [0.25, 0.3) is 5.56 Å². The van der Waals surface area contributed by atoms with Gasteiger partial charge in [-0.3, -0.25) is 9.59 Å². The number of anilines is 1. The molecule has 0 aliphatic carbocycles. The van der Waals surface area contributed by atoms with E-state index in [0.717, 1.165) is 0 Å². The van der Waals surface area contributed by atoms with E-state index in [0.29, 0.717) is 22.2 Å². The summed E-state index contributed by atoms with van der Waals surface area (Å²) in [5.74, 6) is -0.343. The van der Waals surface area contributed by atoms with Crippen molar-refractivity contribution in [3.8, 4) is 0 Å². The maximum absolute atomic E-state index is 12.3. The molecule has 0 aliphatic heterocycles. The van der Waals surface area contributed by atoms with E-state index in [4.69, 9.17) is 5.14 Å². The molecule has 0 bridgehead atoms. The lowest BCUT2D eigenvalue weighted by Crippen LogP contribution is -2.24. The third kappa shape index (κ3) is 3.63. The Balaban J connectivity index is 1.84. The number of primary sulfonamides is 1. The molecule has 3 aromatic rings.